The van der Waals surface area contributed by atoms with Crippen molar-refractivity contribution in [2.24, 2.45) is 11.7 Å². The van der Waals surface area contributed by atoms with E-state index in [0.29, 0.717) is 5.54 Å². The van der Waals surface area contributed by atoms with Crippen LogP contribution >= 0.6 is 0 Å². The maximum atomic E-state index is 5.99. The van der Waals surface area contributed by atoms with Crippen LogP contribution in [0.2, 0.25) is 0 Å². The van der Waals surface area contributed by atoms with E-state index in [-0.39, 0.29) is 0 Å². The molecule has 1 rings (SSSR count). The summed E-state index contributed by atoms with van der Waals surface area (Å²) in [4.78, 5) is 2.66. The Kier molecular flexibility index (Phi) is 5.07. The van der Waals surface area contributed by atoms with E-state index in [2.05, 4.69) is 25.7 Å². The van der Waals surface area contributed by atoms with Gasteiger partial charge in [0.15, 0.2) is 0 Å². The third-order valence-corrected chi connectivity index (χ3v) is 4.35. The Morgan fingerprint density at radius 2 is 1.93 bits per heavy atom. The molecule has 0 aromatic heterocycles. The molecule has 1 heterocycles. The molecular formula is C13H28N2. The number of likely N-dealkylation sites (tertiary alicyclic amines) is 1. The molecular weight excluding hydrogens is 184 g/mol. The van der Waals surface area contributed by atoms with E-state index >= 15 is 0 Å². The Labute approximate surface area is 95.2 Å². The molecule has 2 nitrogen and oxygen atoms in total. The van der Waals surface area contributed by atoms with E-state index in [1.54, 1.807) is 0 Å². The maximum absolute atomic E-state index is 5.99. The summed E-state index contributed by atoms with van der Waals surface area (Å²) in [7, 11) is 0. The van der Waals surface area contributed by atoms with Gasteiger partial charge in [0.2, 0.25) is 0 Å². The summed E-state index contributed by atoms with van der Waals surface area (Å²) in [5.74, 6) is 0.930. The van der Waals surface area contributed by atoms with Gasteiger partial charge in [-0.3, -0.25) is 4.90 Å². The van der Waals surface area contributed by atoms with E-state index in [1.165, 1.54) is 45.2 Å². The topological polar surface area (TPSA) is 29.3 Å². The lowest BCUT2D eigenvalue weighted by molar-refractivity contribution is 0.108. The Morgan fingerprint density at radius 3 is 2.40 bits per heavy atom. The first-order valence-corrected chi connectivity index (χ1v) is 6.67. The second kappa shape index (κ2) is 5.86. The van der Waals surface area contributed by atoms with E-state index < -0.39 is 0 Å². The van der Waals surface area contributed by atoms with Crippen LogP contribution in [-0.2, 0) is 0 Å². The van der Waals surface area contributed by atoms with Crippen LogP contribution in [0.3, 0.4) is 0 Å². The van der Waals surface area contributed by atoms with Gasteiger partial charge in [0.05, 0.1) is 0 Å². The number of nitrogens with two attached hydrogens (primary N) is 1. The predicted octanol–water partition coefficient (Wildman–Crippen LogP) is 2.63. The van der Waals surface area contributed by atoms with Crippen molar-refractivity contribution in [2.45, 2.75) is 58.4 Å². The van der Waals surface area contributed by atoms with Gasteiger partial charge in [-0.2, -0.15) is 0 Å². The average Bonchev–Trinajstić information content (AvgIpc) is 2.71. The number of hydrogen-bond donors (Lipinski definition) is 1. The van der Waals surface area contributed by atoms with Crippen LogP contribution in [0.4, 0.5) is 0 Å². The van der Waals surface area contributed by atoms with Gasteiger partial charge < -0.3 is 5.73 Å². The molecule has 0 radical (unpaired) electrons. The molecule has 0 amide bonds. The standard InChI is InChI=1S/C13H28N2/c1-4-7-12-8-9-15(10-12)13(5-2,6-3)11-14/h12H,4-11,14H2,1-3H3. The zero-order valence-electron chi connectivity index (χ0n) is 10.8. The molecule has 0 bridgehead atoms. The van der Waals surface area contributed by atoms with Gasteiger partial charge in [-0.1, -0.05) is 27.2 Å². The second-order valence-corrected chi connectivity index (χ2v) is 5.02. The Balaban J connectivity index is 2.56. The van der Waals surface area contributed by atoms with Gasteiger partial charge in [0.25, 0.3) is 0 Å². The summed E-state index contributed by atoms with van der Waals surface area (Å²) in [6, 6.07) is 0. The van der Waals surface area contributed by atoms with Gasteiger partial charge in [0.1, 0.15) is 0 Å². The summed E-state index contributed by atoms with van der Waals surface area (Å²) < 4.78 is 0. The van der Waals surface area contributed by atoms with Crippen molar-refractivity contribution in [3.63, 3.8) is 0 Å². The Morgan fingerprint density at radius 1 is 1.27 bits per heavy atom. The second-order valence-electron chi connectivity index (χ2n) is 5.02. The summed E-state index contributed by atoms with van der Waals surface area (Å²) in [6.07, 6.45) is 6.49. The lowest BCUT2D eigenvalue weighted by Gasteiger charge is -2.40. The molecule has 1 unspecified atom stereocenters. The first-order valence-electron chi connectivity index (χ1n) is 6.67. The molecule has 90 valence electrons. The van der Waals surface area contributed by atoms with E-state index in [0.717, 1.165) is 12.5 Å². The highest BCUT2D eigenvalue weighted by Crippen LogP contribution is 2.31. The quantitative estimate of drug-likeness (QED) is 0.733. The molecule has 0 aliphatic carbocycles. The first-order chi connectivity index (χ1) is 7.22. The van der Waals surface area contributed by atoms with Crippen molar-refractivity contribution in [2.75, 3.05) is 19.6 Å². The normalized spacial score (nSPS) is 23.6. The summed E-state index contributed by atoms with van der Waals surface area (Å²) in [5.41, 5.74) is 6.28. The van der Waals surface area contributed by atoms with Crippen molar-refractivity contribution in [1.82, 2.24) is 4.90 Å². The summed E-state index contributed by atoms with van der Waals surface area (Å²) >= 11 is 0. The van der Waals surface area contributed by atoms with Gasteiger partial charge in [-0.15, -0.1) is 0 Å². The van der Waals surface area contributed by atoms with Gasteiger partial charge >= 0.3 is 0 Å². The molecule has 0 spiro atoms. The molecule has 0 aromatic carbocycles. The lowest BCUT2D eigenvalue weighted by atomic mass is 9.91. The van der Waals surface area contributed by atoms with E-state index in [4.69, 9.17) is 5.73 Å². The molecule has 1 saturated heterocycles. The van der Waals surface area contributed by atoms with Crippen molar-refractivity contribution >= 4 is 0 Å². The summed E-state index contributed by atoms with van der Waals surface area (Å²) in [5, 5.41) is 0. The molecule has 2 N–H and O–H groups in total. The molecule has 0 aromatic rings. The van der Waals surface area contributed by atoms with Crippen LogP contribution in [-0.4, -0.2) is 30.1 Å². The Bertz CT molecular complexity index is 167. The van der Waals surface area contributed by atoms with E-state index in [9.17, 15) is 0 Å². The minimum absolute atomic E-state index is 0.294. The molecule has 2 heteroatoms. The zero-order chi connectivity index (χ0) is 11.3. The van der Waals surface area contributed by atoms with E-state index in [1.807, 2.05) is 0 Å². The SMILES string of the molecule is CCCC1CCN(C(CC)(CC)CN)C1. The minimum Gasteiger partial charge on any atom is -0.329 e. The highest BCUT2D eigenvalue weighted by molar-refractivity contribution is 4.93. The van der Waals surface area contributed by atoms with Crippen LogP contribution in [0.25, 0.3) is 0 Å². The predicted molar refractivity (Wildman–Crippen MR) is 67.0 cm³/mol. The van der Waals surface area contributed by atoms with Gasteiger partial charge in [-0.05, 0) is 38.1 Å². The molecule has 1 aliphatic rings. The fourth-order valence-electron chi connectivity index (χ4n) is 3.02. The van der Waals surface area contributed by atoms with Crippen LogP contribution in [0, 0.1) is 5.92 Å². The smallest absolute Gasteiger partial charge is 0.0326 e. The van der Waals surface area contributed by atoms with Gasteiger partial charge in [0, 0.05) is 18.6 Å². The molecule has 0 saturated carbocycles. The minimum atomic E-state index is 0.294. The highest BCUT2D eigenvalue weighted by Gasteiger charge is 2.36. The zero-order valence-corrected chi connectivity index (χ0v) is 10.8. The molecule has 1 atom stereocenters. The first kappa shape index (κ1) is 13.0. The van der Waals surface area contributed by atoms with Crippen LogP contribution in [0.1, 0.15) is 52.9 Å². The van der Waals surface area contributed by atoms with Crippen LogP contribution < -0.4 is 5.73 Å². The lowest BCUT2D eigenvalue weighted by Crippen LogP contribution is -2.52. The van der Waals surface area contributed by atoms with Crippen LogP contribution in [0.5, 0.6) is 0 Å². The van der Waals surface area contributed by atoms with Crippen LogP contribution in [0.15, 0.2) is 0 Å². The van der Waals surface area contributed by atoms with Crippen molar-refractivity contribution in [1.29, 1.82) is 0 Å². The average molecular weight is 212 g/mol. The van der Waals surface area contributed by atoms with Crippen molar-refractivity contribution in [3.05, 3.63) is 0 Å². The largest absolute Gasteiger partial charge is 0.329 e. The summed E-state index contributed by atoms with van der Waals surface area (Å²) in [6.45, 7) is 10.2. The van der Waals surface area contributed by atoms with Crippen molar-refractivity contribution < 1.29 is 0 Å². The Hall–Kier alpha value is -0.0800. The fourth-order valence-corrected chi connectivity index (χ4v) is 3.02. The molecule has 15 heavy (non-hydrogen) atoms. The van der Waals surface area contributed by atoms with Crippen molar-refractivity contribution in [3.8, 4) is 0 Å². The third kappa shape index (κ3) is 2.73. The number of hydrogen-bond acceptors (Lipinski definition) is 2. The monoisotopic (exact) mass is 212 g/mol. The number of rotatable bonds is 6. The highest BCUT2D eigenvalue weighted by atomic mass is 15.2. The number of nitrogens with zero attached hydrogens (tertiary/aromatic N) is 1. The fraction of sp³-hybridized carbons (Fsp3) is 1.00. The van der Waals surface area contributed by atoms with Gasteiger partial charge in [-0.25, -0.2) is 0 Å². The maximum Gasteiger partial charge on any atom is 0.0326 e. The molecule has 1 fully saturated rings. The third-order valence-electron chi connectivity index (χ3n) is 4.35. The molecule has 1 aliphatic heterocycles.